The van der Waals surface area contributed by atoms with Crippen molar-refractivity contribution in [1.29, 1.82) is 0 Å². The Labute approximate surface area is 90.5 Å². The average molecular weight is 207 g/mol. The summed E-state index contributed by atoms with van der Waals surface area (Å²) in [6.45, 7) is 4.42. The van der Waals surface area contributed by atoms with Crippen LogP contribution in [0.25, 0.3) is 0 Å². The fourth-order valence-electron chi connectivity index (χ4n) is 2.44. The molecule has 0 radical (unpaired) electrons. The molecule has 0 spiro atoms. The summed E-state index contributed by atoms with van der Waals surface area (Å²) in [7, 11) is 0. The van der Waals surface area contributed by atoms with Gasteiger partial charge in [-0.3, -0.25) is 0 Å². The first-order chi connectivity index (χ1) is 7.01. The highest BCUT2D eigenvalue weighted by Gasteiger charge is 2.51. The molecule has 0 bridgehead atoms. The van der Waals surface area contributed by atoms with Crippen molar-refractivity contribution in [3.63, 3.8) is 0 Å². The van der Waals surface area contributed by atoms with Crippen LogP contribution in [-0.4, -0.2) is 5.54 Å². The lowest BCUT2D eigenvalue weighted by molar-refractivity contribution is 0.475. The molecule has 1 aliphatic carbocycles. The van der Waals surface area contributed by atoms with E-state index in [-0.39, 0.29) is 11.4 Å². The highest BCUT2D eigenvalue weighted by atomic mass is 19.1. The van der Waals surface area contributed by atoms with Gasteiger partial charge in [0.1, 0.15) is 5.82 Å². The molecule has 1 fully saturated rings. The molecule has 0 amide bonds. The minimum Gasteiger partial charge on any atom is -0.325 e. The predicted molar refractivity (Wildman–Crippen MR) is 60.0 cm³/mol. The molecule has 2 heteroatoms. The largest absolute Gasteiger partial charge is 0.325 e. The molecule has 1 aromatic rings. The SMILES string of the molecule is CC(C)C1CC1(N)Cc1ccc(F)cc1. The van der Waals surface area contributed by atoms with Gasteiger partial charge in [-0.05, 0) is 42.4 Å². The fourth-order valence-corrected chi connectivity index (χ4v) is 2.44. The Morgan fingerprint density at radius 3 is 2.47 bits per heavy atom. The van der Waals surface area contributed by atoms with Crippen LogP contribution in [0.4, 0.5) is 4.39 Å². The van der Waals surface area contributed by atoms with E-state index >= 15 is 0 Å². The van der Waals surface area contributed by atoms with E-state index in [4.69, 9.17) is 5.73 Å². The van der Waals surface area contributed by atoms with Crippen LogP contribution in [0.1, 0.15) is 25.8 Å². The Morgan fingerprint density at radius 2 is 2.00 bits per heavy atom. The number of hydrogen-bond acceptors (Lipinski definition) is 1. The molecule has 2 atom stereocenters. The van der Waals surface area contributed by atoms with Crippen LogP contribution >= 0.6 is 0 Å². The Morgan fingerprint density at radius 1 is 1.40 bits per heavy atom. The third kappa shape index (κ3) is 2.20. The van der Waals surface area contributed by atoms with E-state index in [9.17, 15) is 4.39 Å². The topological polar surface area (TPSA) is 26.0 Å². The molecule has 0 saturated heterocycles. The summed E-state index contributed by atoms with van der Waals surface area (Å²) in [4.78, 5) is 0. The molecule has 15 heavy (non-hydrogen) atoms. The Balaban J connectivity index is 2.02. The van der Waals surface area contributed by atoms with E-state index in [1.807, 2.05) is 12.1 Å². The molecule has 2 unspecified atom stereocenters. The molecule has 2 rings (SSSR count). The Hall–Kier alpha value is -0.890. The molecule has 1 saturated carbocycles. The Kier molecular flexibility index (Phi) is 2.55. The first-order valence-corrected chi connectivity index (χ1v) is 5.54. The third-order valence-corrected chi connectivity index (χ3v) is 3.43. The lowest BCUT2D eigenvalue weighted by Gasteiger charge is -2.13. The van der Waals surface area contributed by atoms with Gasteiger partial charge in [-0.25, -0.2) is 4.39 Å². The van der Waals surface area contributed by atoms with Gasteiger partial charge >= 0.3 is 0 Å². The number of hydrogen-bond donors (Lipinski definition) is 1. The maximum absolute atomic E-state index is 12.7. The van der Waals surface area contributed by atoms with E-state index in [0.717, 1.165) is 18.4 Å². The number of halogens is 1. The van der Waals surface area contributed by atoms with Crippen LogP contribution in [0.3, 0.4) is 0 Å². The summed E-state index contributed by atoms with van der Waals surface area (Å²) >= 11 is 0. The van der Waals surface area contributed by atoms with Gasteiger partial charge < -0.3 is 5.73 Å². The van der Waals surface area contributed by atoms with Gasteiger partial charge in [0, 0.05) is 5.54 Å². The second-order valence-corrected chi connectivity index (χ2v) is 5.09. The van der Waals surface area contributed by atoms with Gasteiger partial charge in [-0.15, -0.1) is 0 Å². The van der Waals surface area contributed by atoms with Crippen molar-refractivity contribution in [2.75, 3.05) is 0 Å². The van der Waals surface area contributed by atoms with Gasteiger partial charge in [0.05, 0.1) is 0 Å². The monoisotopic (exact) mass is 207 g/mol. The summed E-state index contributed by atoms with van der Waals surface area (Å²) < 4.78 is 12.7. The molecular formula is C13H18FN. The molecule has 1 aromatic carbocycles. The summed E-state index contributed by atoms with van der Waals surface area (Å²) in [6.07, 6.45) is 1.97. The van der Waals surface area contributed by atoms with E-state index < -0.39 is 0 Å². The van der Waals surface area contributed by atoms with Gasteiger partial charge in [-0.2, -0.15) is 0 Å². The predicted octanol–water partition coefficient (Wildman–Crippen LogP) is 2.74. The lowest BCUT2D eigenvalue weighted by Crippen LogP contribution is -2.29. The van der Waals surface area contributed by atoms with Crippen molar-refractivity contribution in [1.82, 2.24) is 0 Å². The summed E-state index contributed by atoms with van der Waals surface area (Å²) in [6, 6.07) is 6.68. The number of rotatable bonds is 3. The average Bonchev–Trinajstić information content (AvgIpc) is 2.83. The molecule has 0 heterocycles. The van der Waals surface area contributed by atoms with E-state index in [0.29, 0.717) is 11.8 Å². The maximum atomic E-state index is 12.7. The minimum atomic E-state index is -0.180. The van der Waals surface area contributed by atoms with Crippen LogP contribution < -0.4 is 5.73 Å². The molecule has 82 valence electrons. The van der Waals surface area contributed by atoms with Crippen molar-refractivity contribution in [2.45, 2.75) is 32.2 Å². The smallest absolute Gasteiger partial charge is 0.123 e. The van der Waals surface area contributed by atoms with Crippen molar-refractivity contribution < 1.29 is 4.39 Å². The van der Waals surface area contributed by atoms with E-state index in [1.54, 1.807) is 0 Å². The number of benzene rings is 1. The molecule has 0 aromatic heterocycles. The van der Waals surface area contributed by atoms with Crippen molar-refractivity contribution in [2.24, 2.45) is 17.6 Å². The van der Waals surface area contributed by atoms with Crippen molar-refractivity contribution >= 4 is 0 Å². The Bertz CT molecular complexity index is 344. The highest BCUT2D eigenvalue weighted by molar-refractivity contribution is 5.23. The maximum Gasteiger partial charge on any atom is 0.123 e. The van der Waals surface area contributed by atoms with E-state index in [1.165, 1.54) is 12.1 Å². The molecular weight excluding hydrogens is 189 g/mol. The number of nitrogens with two attached hydrogens (primary N) is 1. The zero-order valence-electron chi connectivity index (χ0n) is 9.33. The van der Waals surface area contributed by atoms with Gasteiger partial charge in [-0.1, -0.05) is 26.0 Å². The second kappa shape index (κ2) is 3.60. The highest BCUT2D eigenvalue weighted by Crippen LogP contribution is 2.48. The quantitative estimate of drug-likeness (QED) is 0.810. The van der Waals surface area contributed by atoms with E-state index in [2.05, 4.69) is 13.8 Å². The lowest BCUT2D eigenvalue weighted by atomic mass is 9.98. The second-order valence-electron chi connectivity index (χ2n) is 5.09. The standard InChI is InChI=1S/C13H18FN/c1-9(2)12-8-13(12,15)7-10-3-5-11(14)6-4-10/h3-6,9,12H,7-8,15H2,1-2H3. The van der Waals surface area contributed by atoms with Crippen LogP contribution in [0.15, 0.2) is 24.3 Å². The fraction of sp³-hybridized carbons (Fsp3) is 0.538. The van der Waals surface area contributed by atoms with Gasteiger partial charge in [0.25, 0.3) is 0 Å². The van der Waals surface area contributed by atoms with Crippen LogP contribution in [0.5, 0.6) is 0 Å². The molecule has 2 N–H and O–H groups in total. The molecule has 1 aliphatic rings. The van der Waals surface area contributed by atoms with Crippen LogP contribution in [-0.2, 0) is 6.42 Å². The minimum absolute atomic E-state index is 0.0357. The summed E-state index contributed by atoms with van der Waals surface area (Å²) in [5.74, 6) is 1.10. The van der Waals surface area contributed by atoms with Crippen molar-refractivity contribution in [3.05, 3.63) is 35.6 Å². The first-order valence-electron chi connectivity index (χ1n) is 5.54. The third-order valence-electron chi connectivity index (χ3n) is 3.43. The molecule has 0 aliphatic heterocycles. The summed E-state index contributed by atoms with van der Waals surface area (Å²) in [5, 5.41) is 0. The molecule has 1 nitrogen and oxygen atoms in total. The zero-order chi connectivity index (χ0) is 11.1. The normalized spacial score (nSPS) is 29.5. The van der Waals surface area contributed by atoms with Crippen LogP contribution in [0.2, 0.25) is 0 Å². The van der Waals surface area contributed by atoms with Crippen molar-refractivity contribution in [3.8, 4) is 0 Å². The summed E-state index contributed by atoms with van der Waals surface area (Å²) in [5.41, 5.74) is 7.37. The van der Waals surface area contributed by atoms with Gasteiger partial charge in [0.2, 0.25) is 0 Å². The van der Waals surface area contributed by atoms with Crippen LogP contribution in [0, 0.1) is 17.7 Å². The van der Waals surface area contributed by atoms with Gasteiger partial charge in [0.15, 0.2) is 0 Å². The zero-order valence-corrected chi connectivity index (χ0v) is 9.33. The first kappa shape index (κ1) is 10.6.